The van der Waals surface area contributed by atoms with Gasteiger partial charge in [0.2, 0.25) is 0 Å². The second kappa shape index (κ2) is 11.3. The average Bonchev–Trinajstić information content (AvgIpc) is 2.53. The third-order valence-corrected chi connectivity index (χ3v) is 3.57. The second-order valence-electron chi connectivity index (χ2n) is 5.63. The highest BCUT2D eigenvalue weighted by atomic mass is 16.6. The van der Waals surface area contributed by atoms with Gasteiger partial charge >= 0.3 is 6.09 Å². The summed E-state index contributed by atoms with van der Waals surface area (Å²) >= 11 is 0. The molecule has 0 unspecified atom stereocenters. The Balaban J connectivity index is 2.40. The minimum Gasteiger partial charge on any atom is -0.508 e. The number of benzene rings is 1. The quantitative estimate of drug-likeness (QED) is 0.454. The summed E-state index contributed by atoms with van der Waals surface area (Å²) in [6.07, 6.45) is 2.49. The number of phenolic OH excluding ortho intramolecular Hbond substituents is 1. The fraction of sp³-hybridized carbons (Fsp3) is 0.529. The van der Waals surface area contributed by atoms with Crippen molar-refractivity contribution in [1.82, 2.24) is 5.32 Å². The molecular formula is C17H27N3O4. The van der Waals surface area contributed by atoms with Crippen molar-refractivity contribution in [2.75, 3.05) is 13.1 Å². The predicted molar refractivity (Wildman–Crippen MR) is 91.4 cm³/mol. The number of amides is 2. The number of aromatic hydroxyl groups is 1. The Morgan fingerprint density at radius 2 is 2.00 bits per heavy atom. The Morgan fingerprint density at radius 1 is 1.21 bits per heavy atom. The first-order valence-electron chi connectivity index (χ1n) is 8.24. The first-order chi connectivity index (χ1) is 11.5. The van der Waals surface area contributed by atoms with Crippen LogP contribution in [0, 0.1) is 0 Å². The van der Waals surface area contributed by atoms with Gasteiger partial charge in [0.15, 0.2) is 6.10 Å². The lowest BCUT2D eigenvalue weighted by molar-refractivity contribution is -0.129. The molecule has 7 heteroatoms. The number of unbranched alkanes of at least 4 members (excludes halogenated alkanes) is 2. The van der Waals surface area contributed by atoms with Crippen molar-refractivity contribution in [1.29, 1.82) is 0 Å². The number of primary amides is 1. The molecule has 1 rings (SSSR count). The molecule has 1 atom stereocenters. The lowest BCUT2D eigenvalue weighted by atomic mass is 10.1. The number of rotatable bonds is 11. The van der Waals surface area contributed by atoms with Crippen molar-refractivity contribution < 1.29 is 19.4 Å². The molecule has 7 nitrogen and oxygen atoms in total. The maximum atomic E-state index is 12.1. The minimum atomic E-state index is -0.962. The van der Waals surface area contributed by atoms with E-state index in [1.807, 2.05) is 6.07 Å². The summed E-state index contributed by atoms with van der Waals surface area (Å²) in [7, 11) is 0. The molecule has 1 aromatic carbocycles. The summed E-state index contributed by atoms with van der Waals surface area (Å²) in [5.74, 6) is -0.134. The van der Waals surface area contributed by atoms with Gasteiger partial charge in [0, 0.05) is 6.54 Å². The van der Waals surface area contributed by atoms with Gasteiger partial charge in [-0.15, -0.1) is 0 Å². The molecule has 0 heterocycles. The van der Waals surface area contributed by atoms with Crippen molar-refractivity contribution >= 4 is 12.0 Å². The molecule has 0 fully saturated rings. The second-order valence-corrected chi connectivity index (χ2v) is 5.63. The van der Waals surface area contributed by atoms with E-state index in [-0.39, 0.29) is 11.7 Å². The van der Waals surface area contributed by atoms with Crippen LogP contribution in [0.15, 0.2) is 24.3 Å². The number of phenols is 1. The van der Waals surface area contributed by atoms with Crippen LogP contribution in [0.5, 0.6) is 5.75 Å². The molecular weight excluding hydrogens is 310 g/mol. The number of nitrogens with one attached hydrogen (secondary N) is 1. The van der Waals surface area contributed by atoms with Crippen LogP contribution >= 0.6 is 0 Å². The van der Waals surface area contributed by atoms with E-state index >= 15 is 0 Å². The zero-order valence-corrected chi connectivity index (χ0v) is 13.9. The van der Waals surface area contributed by atoms with E-state index in [0.717, 1.165) is 24.8 Å². The predicted octanol–water partition coefficient (Wildman–Crippen LogP) is 1.42. The first kappa shape index (κ1) is 19.8. The summed E-state index contributed by atoms with van der Waals surface area (Å²) in [6, 6.07) is 6.92. The van der Waals surface area contributed by atoms with Gasteiger partial charge in [-0.25, -0.2) is 4.79 Å². The Hall–Kier alpha value is -2.28. The molecule has 6 N–H and O–H groups in total. The van der Waals surface area contributed by atoms with Crippen LogP contribution in [0.3, 0.4) is 0 Å². The van der Waals surface area contributed by atoms with Crippen LogP contribution < -0.4 is 16.8 Å². The third kappa shape index (κ3) is 8.38. The van der Waals surface area contributed by atoms with E-state index in [9.17, 15) is 14.7 Å². The number of aryl methyl sites for hydroxylation is 1. The summed E-state index contributed by atoms with van der Waals surface area (Å²) in [5.41, 5.74) is 11.4. The maximum Gasteiger partial charge on any atom is 0.405 e. The largest absolute Gasteiger partial charge is 0.508 e. The van der Waals surface area contributed by atoms with Crippen molar-refractivity contribution in [3.63, 3.8) is 0 Å². The van der Waals surface area contributed by atoms with Gasteiger partial charge in [0.25, 0.3) is 5.91 Å². The fourth-order valence-corrected chi connectivity index (χ4v) is 2.36. The van der Waals surface area contributed by atoms with Crippen LogP contribution in [0.2, 0.25) is 0 Å². The van der Waals surface area contributed by atoms with Gasteiger partial charge in [-0.2, -0.15) is 0 Å². The Labute approximate surface area is 142 Å². The third-order valence-electron chi connectivity index (χ3n) is 3.57. The summed E-state index contributed by atoms with van der Waals surface area (Å²) < 4.78 is 4.91. The Morgan fingerprint density at radius 3 is 2.67 bits per heavy atom. The molecule has 2 amide bonds. The van der Waals surface area contributed by atoms with Gasteiger partial charge in [0.1, 0.15) is 5.75 Å². The van der Waals surface area contributed by atoms with Crippen LogP contribution in [0.1, 0.15) is 37.7 Å². The van der Waals surface area contributed by atoms with E-state index in [1.165, 1.54) is 0 Å². The smallest absolute Gasteiger partial charge is 0.405 e. The standard InChI is InChI=1S/C17H27N3O4/c18-10-2-1-3-11-20-16(22)15(24-17(19)23)9-5-7-13-6-4-8-14(21)12-13/h4,6,8,12,15,21H,1-3,5,7,9-11,18H2,(H2,19,23)(H,20,22)/t15-/m0/s1. The van der Waals surface area contributed by atoms with E-state index in [4.69, 9.17) is 16.2 Å². The molecule has 1 aromatic rings. The van der Waals surface area contributed by atoms with Gasteiger partial charge in [0.05, 0.1) is 0 Å². The molecule has 0 aliphatic carbocycles. The van der Waals surface area contributed by atoms with E-state index < -0.39 is 12.2 Å². The van der Waals surface area contributed by atoms with Gasteiger partial charge in [-0.3, -0.25) is 4.79 Å². The summed E-state index contributed by atoms with van der Waals surface area (Å²) in [5, 5.41) is 12.2. The molecule has 0 aliphatic heterocycles. The lowest BCUT2D eigenvalue weighted by Crippen LogP contribution is -2.39. The summed E-state index contributed by atoms with van der Waals surface area (Å²) in [4.78, 5) is 23.1. The van der Waals surface area contributed by atoms with Gasteiger partial charge < -0.3 is 26.6 Å². The molecule has 0 saturated heterocycles. The number of nitrogens with two attached hydrogens (primary N) is 2. The molecule has 0 saturated carbocycles. The number of hydrogen-bond donors (Lipinski definition) is 4. The molecule has 0 radical (unpaired) electrons. The highest BCUT2D eigenvalue weighted by Crippen LogP contribution is 2.14. The van der Waals surface area contributed by atoms with Crippen molar-refractivity contribution in [2.45, 2.75) is 44.6 Å². The number of hydrogen-bond acceptors (Lipinski definition) is 5. The van der Waals surface area contributed by atoms with Gasteiger partial charge in [-0.1, -0.05) is 18.6 Å². The number of ether oxygens (including phenoxy) is 1. The topological polar surface area (TPSA) is 128 Å². The molecule has 0 aromatic heterocycles. The van der Waals surface area contributed by atoms with Crippen LogP contribution in [0.25, 0.3) is 0 Å². The Kier molecular flexibility index (Phi) is 9.29. The monoisotopic (exact) mass is 337 g/mol. The lowest BCUT2D eigenvalue weighted by Gasteiger charge is -2.16. The van der Waals surface area contributed by atoms with Crippen LogP contribution in [-0.4, -0.2) is 36.3 Å². The zero-order chi connectivity index (χ0) is 17.8. The molecule has 0 spiro atoms. The van der Waals surface area contributed by atoms with Crippen molar-refractivity contribution in [3.8, 4) is 5.75 Å². The normalized spacial score (nSPS) is 11.7. The van der Waals surface area contributed by atoms with Gasteiger partial charge in [-0.05, 0) is 56.3 Å². The summed E-state index contributed by atoms with van der Waals surface area (Å²) in [6.45, 7) is 1.15. The maximum absolute atomic E-state index is 12.1. The molecule has 134 valence electrons. The minimum absolute atomic E-state index is 0.202. The van der Waals surface area contributed by atoms with E-state index in [1.54, 1.807) is 18.2 Å². The Bertz CT molecular complexity index is 522. The van der Waals surface area contributed by atoms with Crippen LogP contribution in [0.4, 0.5) is 4.79 Å². The highest BCUT2D eigenvalue weighted by molar-refractivity contribution is 5.83. The highest BCUT2D eigenvalue weighted by Gasteiger charge is 2.21. The van der Waals surface area contributed by atoms with E-state index in [2.05, 4.69) is 5.32 Å². The zero-order valence-electron chi connectivity index (χ0n) is 13.9. The fourth-order valence-electron chi connectivity index (χ4n) is 2.36. The SMILES string of the molecule is NCCCCCNC(=O)[C@H](CCCc1cccc(O)c1)OC(N)=O. The molecule has 24 heavy (non-hydrogen) atoms. The molecule has 0 bridgehead atoms. The number of carbonyl (C=O) groups excluding carboxylic acids is 2. The average molecular weight is 337 g/mol. The first-order valence-corrected chi connectivity index (χ1v) is 8.24. The van der Waals surface area contributed by atoms with E-state index in [0.29, 0.717) is 32.4 Å². The number of carbonyl (C=O) groups is 2. The van der Waals surface area contributed by atoms with Crippen LogP contribution in [-0.2, 0) is 16.0 Å². The van der Waals surface area contributed by atoms with Crippen molar-refractivity contribution in [3.05, 3.63) is 29.8 Å². The van der Waals surface area contributed by atoms with Crippen molar-refractivity contribution in [2.24, 2.45) is 11.5 Å². The molecule has 0 aliphatic rings.